The number of rotatable bonds is 9. The number of hydrogen-bond acceptors (Lipinski definition) is 4. The minimum absolute atomic E-state index is 0.00625. The van der Waals surface area contributed by atoms with Crippen molar-refractivity contribution in [2.24, 2.45) is 0 Å². The number of carbonyl (C=O) groups is 1. The maximum absolute atomic E-state index is 12.9. The summed E-state index contributed by atoms with van der Waals surface area (Å²) in [5.41, 5.74) is 3.04. The molecule has 2 heterocycles. The summed E-state index contributed by atoms with van der Waals surface area (Å²) in [5.74, 6) is 0.00625. The van der Waals surface area contributed by atoms with Gasteiger partial charge in [-0.3, -0.25) is 4.79 Å². The highest BCUT2D eigenvalue weighted by atomic mass is 32.2. The molecule has 1 aliphatic rings. The Morgan fingerprint density at radius 2 is 1.70 bits per heavy atom. The molecule has 1 aromatic heterocycles. The predicted molar refractivity (Wildman–Crippen MR) is 129 cm³/mol. The molecule has 1 fully saturated rings. The zero-order valence-electron chi connectivity index (χ0n) is 18.9. The Balaban J connectivity index is 1.20. The molecule has 1 saturated heterocycles. The Bertz CT molecular complexity index is 1160. The molecule has 0 saturated carbocycles. The second kappa shape index (κ2) is 10.9. The summed E-state index contributed by atoms with van der Waals surface area (Å²) in [7, 11) is -3.43. The molecule has 0 spiro atoms. The van der Waals surface area contributed by atoms with E-state index in [9.17, 15) is 13.2 Å². The fourth-order valence-corrected chi connectivity index (χ4v) is 5.79. The molecule has 7 nitrogen and oxygen atoms in total. The van der Waals surface area contributed by atoms with Crippen molar-refractivity contribution in [1.82, 2.24) is 19.2 Å². The van der Waals surface area contributed by atoms with Crippen molar-refractivity contribution < 1.29 is 13.2 Å². The monoisotopic (exact) mass is 468 g/mol. The van der Waals surface area contributed by atoms with E-state index >= 15 is 0 Å². The van der Waals surface area contributed by atoms with E-state index in [0.29, 0.717) is 37.4 Å². The number of fused-ring (bicyclic) bond motifs is 1. The van der Waals surface area contributed by atoms with E-state index in [1.165, 1.54) is 0 Å². The smallest absolute Gasteiger partial charge is 0.243 e. The van der Waals surface area contributed by atoms with E-state index in [4.69, 9.17) is 0 Å². The maximum atomic E-state index is 12.9. The third kappa shape index (κ3) is 6.00. The summed E-state index contributed by atoms with van der Waals surface area (Å²) in [4.78, 5) is 16.9. The molecule has 2 aromatic carbocycles. The topological polar surface area (TPSA) is 84.3 Å². The van der Waals surface area contributed by atoms with Crippen LogP contribution >= 0.6 is 0 Å². The SMILES string of the molecule is O=C(CCc1ccc(S(=O)(=O)N2CCCCCC2)cc1)NCCCn1cnc2ccccc21. The zero-order chi connectivity index (χ0) is 23.1. The second-order valence-electron chi connectivity index (χ2n) is 8.59. The average molecular weight is 469 g/mol. The van der Waals surface area contributed by atoms with Gasteiger partial charge in [-0.15, -0.1) is 0 Å². The number of nitrogens with zero attached hydrogens (tertiary/aromatic N) is 3. The number of nitrogens with one attached hydrogen (secondary N) is 1. The number of amides is 1. The maximum Gasteiger partial charge on any atom is 0.243 e. The molecule has 33 heavy (non-hydrogen) atoms. The first-order chi connectivity index (χ1) is 16.0. The molecule has 3 aromatic rings. The third-order valence-electron chi connectivity index (χ3n) is 6.19. The molecule has 8 heteroatoms. The summed E-state index contributed by atoms with van der Waals surface area (Å²) >= 11 is 0. The first kappa shape index (κ1) is 23.4. The van der Waals surface area contributed by atoms with Crippen molar-refractivity contribution in [1.29, 1.82) is 0 Å². The number of sulfonamides is 1. The number of aryl methyl sites for hydroxylation is 2. The largest absolute Gasteiger partial charge is 0.356 e. The van der Waals surface area contributed by atoms with Gasteiger partial charge in [0.15, 0.2) is 0 Å². The lowest BCUT2D eigenvalue weighted by Crippen LogP contribution is -2.31. The van der Waals surface area contributed by atoms with Gasteiger partial charge in [0.2, 0.25) is 15.9 Å². The Morgan fingerprint density at radius 1 is 0.970 bits per heavy atom. The molecule has 0 bridgehead atoms. The van der Waals surface area contributed by atoms with Crippen LogP contribution in [0.1, 0.15) is 44.1 Å². The van der Waals surface area contributed by atoms with Crippen LogP contribution < -0.4 is 5.32 Å². The van der Waals surface area contributed by atoms with Gasteiger partial charge in [0.05, 0.1) is 22.3 Å². The minimum Gasteiger partial charge on any atom is -0.356 e. The molecule has 0 radical (unpaired) electrons. The molecule has 0 unspecified atom stereocenters. The molecule has 1 aliphatic heterocycles. The standard InChI is InChI=1S/C25H32N4O3S/c30-25(26-16-7-17-28-20-27-23-8-3-4-9-24(23)28)15-12-21-10-13-22(14-11-21)33(31,32)29-18-5-1-2-6-19-29/h3-4,8-11,13-14,20H,1-2,5-7,12,15-19H2,(H,26,30). The van der Waals surface area contributed by atoms with Crippen LogP contribution in [-0.4, -0.2) is 47.8 Å². The van der Waals surface area contributed by atoms with E-state index in [-0.39, 0.29) is 5.91 Å². The van der Waals surface area contributed by atoms with Gasteiger partial charge in [-0.1, -0.05) is 37.1 Å². The van der Waals surface area contributed by atoms with Crippen LogP contribution in [0.25, 0.3) is 11.0 Å². The van der Waals surface area contributed by atoms with Gasteiger partial charge in [-0.05, 0) is 55.5 Å². The zero-order valence-corrected chi connectivity index (χ0v) is 19.8. The normalized spacial score (nSPS) is 15.4. The lowest BCUT2D eigenvalue weighted by Gasteiger charge is -2.20. The minimum atomic E-state index is -3.43. The van der Waals surface area contributed by atoms with E-state index in [1.807, 2.05) is 42.7 Å². The highest BCUT2D eigenvalue weighted by Gasteiger charge is 2.24. The molecular formula is C25H32N4O3S. The Labute approximate surface area is 195 Å². The summed E-state index contributed by atoms with van der Waals surface area (Å²) in [6.45, 7) is 2.61. The van der Waals surface area contributed by atoms with Crippen molar-refractivity contribution in [2.45, 2.75) is 56.4 Å². The van der Waals surface area contributed by atoms with Gasteiger partial charge in [0.25, 0.3) is 0 Å². The van der Waals surface area contributed by atoms with Crippen molar-refractivity contribution >= 4 is 27.0 Å². The molecule has 1 N–H and O–H groups in total. The number of hydrogen-bond donors (Lipinski definition) is 1. The van der Waals surface area contributed by atoms with Crippen LogP contribution in [0.4, 0.5) is 0 Å². The molecule has 0 aliphatic carbocycles. The Morgan fingerprint density at radius 3 is 2.45 bits per heavy atom. The van der Waals surface area contributed by atoms with Crippen LogP contribution in [0.5, 0.6) is 0 Å². The molecule has 4 rings (SSSR count). The van der Waals surface area contributed by atoms with Crippen molar-refractivity contribution in [3.05, 3.63) is 60.4 Å². The summed E-state index contributed by atoms with van der Waals surface area (Å²) in [6, 6.07) is 15.0. The number of benzene rings is 2. The van der Waals surface area contributed by atoms with E-state index in [1.54, 1.807) is 16.4 Å². The van der Waals surface area contributed by atoms with Crippen LogP contribution in [-0.2, 0) is 27.8 Å². The third-order valence-corrected chi connectivity index (χ3v) is 8.11. The van der Waals surface area contributed by atoms with E-state index in [0.717, 1.165) is 55.2 Å². The van der Waals surface area contributed by atoms with Crippen LogP contribution in [0.2, 0.25) is 0 Å². The van der Waals surface area contributed by atoms with E-state index < -0.39 is 10.0 Å². The van der Waals surface area contributed by atoms with Crippen LogP contribution in [0, 0.1) is 0 Å². The molecule has 1 amide bonds. The second-order valence-corrected chi connectivity index (χ2v) is 10.5. The molecular weight excluding hydrogens is 436 g/mol. The Kier molecular flexibility index (Phi) is 7.77. The van der Waals surface area contributed by atoms with Crippen molar-refractivity contribution in [2.75, 3.05) is 19.6 Å². The average Bonchev–Trinajstić information content (AvgIpc) is 3.03. The number of aromatic nitrogens is 2. The van der Waals surface area contributed by atoms with E-state index in [2.05, 4.69) is 14.9 Å². The summed E-state index contributed by atoms with van der Waals surface area (Å²) < 4.78 is 29.5. The van der Waals surface area contributed by atoms with Gasteiger partial charge >= 0.3 is 0 Å². The molecule has 0 atom stereocenters. The predicted octanol–water partition coefficient (Wildman–Crippen LogP) is 3.74. The van der Waals surface area contributed by atoms with Gasteiger partial charge in [0.1, 0.15) is 0 Å². The van der Waals surface area contributed by atoms with Crippen molar-refractivity contribution in [3.8, 4) is 0 Å². The lowest BCUT2D eigenvalue weighted by molar-refractivity contribution is -0.121. The van der Waals surface area contributed by atoms with Gasteiger partial charge in [-0.2, -0.15) is 4.31 Å². The highest BCUT2D eigenvalue weighted by molar-refractivity contribution is 7.89. The first-order valence-corrected chi connectivity index (χ1v) is 13.2. The van der Waals surface area contributed by atoms with Gasteiger partial charge in [-0.25, -0.2) is 13.4 Å². The summed E-state index contributed by atoms with van der Waals surface area (Å²) in [6.07, 6.45) is 7.66. The number of para-hydroxylation sites is 2. The number of carbonyl (C=O) groups excluding carboxylic acids is 1. The number of imidazole rings is 1. The fraction of sp³-hybridized carbons (Fsp3) is 0.440. The summed E-state index contributed by atoms with van der Waals surface area (Å²) in [5, 5.41) is 2.97. The van der Waals surface area contributed by atoms with Gasteiger partial charge < -0.3 is 9.88 Å². The quantitative estimate of drug-likeness (QED) is 0.485. The van der Waals surface area contributed by atoms with Crippen molar-refractivity contribution in [3.63, 3.8) is 0 Å². The van der Waals surface area contributed by atoms with Gasteiger partial charge in [0, 0.05) is 32.6 Å². The van der Waals surface area contributed by atoms with Crippen LogP contribution in [0.3, 0.4) is 0 Å². The molecule has 176 valence electrons. The van der Waals surface area contributed by atoms with Crippen LogP contribution in [0.15, 0.2) is 59.8 Å². The lowest BCUT2D eigenvalue weighted by atomic mass is 10.1. The Hall–Kier alpha value is -2.71. The first-order valence-electron chi connectivity index (χ1n) is 11.8. The highest BCUT2D eigenvalue weighted by Crippen LogP contribution is 2.21. The fourth-order valence-electron chi connectivity index (χ4n) is 4.27.